The Morgan fingerprint density at radius 3 is 2.40 bits per heavy atom. The Bertz CT molecular complexity index is 101. The summed E-state index contributed by atoms with van der Waals surface area (Å²) in [7, 11) is 0. The van der Waals surface area contributed by atoms with Crippen LogP contribution in [0, 0.1) is 11.8 Å². The van der Waals surface area contributed by atoms with Crippen molar-refractivity contribution >= 4 is 0 Å². The molecule has 1 saturated carbocycles. The average molecular weight is 141 g/mol. The summed E-state index contributed by atoms with van der Waals surface area (Å²) < 4.78 is 0. The first-order chi connectivity index (χ1) is 4.74. The van der Waals surface area contributed by atoms with E-state index in [1.165, 1.54) is 12.8 Å². The predicted molar refractivity (Wildman–Crippen MR) is 45.0 cm³/mol. The van der Waals surface area contributed by atoms with Crippen LogP contribution >= 0.6 is 0 Å². The predicted octanol–water partition coefficient (Wildman–Crippen LogP) is 2.03. The Labute approximate surface area is 64.2 Å². The average Bonchev–Trinajstić information content (AvgIpc) is 2.13. The van der Waals surface area contributed by atoms with Crippen LogP contribution in [0.4, 0.5) is 0 Å². The van der Waals surface area contributed by atoms with Gasteiger partial charge in [-0.15, -0.1) is 0 Å². The van der Waals surface area contributed by atoms with E-state index < -0.39 is 0 Å². The van der Waals surface area contributed by atoms with Crippen molar-refractivity contribution in [2.24, 2.45) is 11.8 Å². The molecule has 0 aromatic carbocycles. The highest BCUT2D eigenvalue weighted by atomic mass is 14.9. The summed E-state index contributed by atoms with van der Waals surface area (Å²) in [5.74, 6) is 1.84. The minimum atomic E-state index is 0.806. The van der Waals surface area contributed by atoms with Crippen LogP contribution in [0.5, 0.6) is 0 Å². The van der Waals surface area contributed by atoms with Gasteiger partial charge < -0.3 is 5.32 Å². The fourth-order valence-corrected chi connectivity index (χ4v) is 2.11. The van der Waals surface area contributed by atoms with Gasteiger partial charge in [0.1, 0.15) is 0 Å². The minimum absolute atomic E-state index is 0.806. The highest BCUT2D eigenvalue weighted by molar-refractivity contribution is 4.83. The second kappa shape index (κ2) is 3.38. The molecule has 1 aliphatic carbocycles. The zero-order chi connectivity index (χ0) is 7.56. The standard InChI is InChI=1S/C9H19N/c1-4-10-9-6-7(2)5-8(9)3/h7-10H,4-6H2,1-3H3. The lowest BCUT2D eigenvalue weighted by Crippen LogP contribution is -2.30. The smallest absolute Gasteiger partial charge is 0.00952 e. The first kappa shape index (κ1) is 8.06. The molecule has 0 saturated heterocycles. The van der Waals surface area contributed by atoms with Crippen LogP contribution in [0.1, 0.15) is 33.6 Å². The monoisotopic (exact) mass is 141 g/mol. The number of hydrogen-bond donors (Lipinski definition) is 1. The molecule has 1 aliphatic rings. The Kier molecular flexibility index (Phi) is 2.72. The van der Waals surface area contributed by atoms with Crippen molar-refractivity contribution in [2.45, 2.75) is 39.7 Å². The molecule has 3 atom stereocenters. The van der Waals surface area contributed by atoms with Crippen molar-refractivity contribution in [1.82, 2.24) is 5.32 Å². The topological polar surface area (TPSA) is 12.0 Å². The third-order valence-corrected chi connectivity index (χ3v) is 2.58. The molecular formula is C9H19N. The molecule has 0 spiro atoms. The summed E-state index contributed by atoms with van der Waals surface area (Å²) in [5, 5.41) is 3.52. The van der Waals surface area contributed by atoms with Gasteiger partial charge in [-0.05, 0) is 31.2 Å². The van der Waals surface area contributed by atoms with Crippen LogP contribution in [0.3, 0.4) is 0 Å². The van der Waals surface area contributed by atoms with E-state index in [1.54, 1.807) is 0 Å². The maximum atomic E-state index is 3.52. The van der Waals surface area contributed by atoms with E-state index in [4.69, 9.17) is 0 Å². The first-order valence-electron chi connectivity index (χ1n) is 4.47. The lowest BCUT2D eigenvalue weighted by atomic mass is 10.1. The molecule has 0 aliphatic heterocycles. The lowest BCUT2D eigenvalue weighted by Gasteiger charge is -2.15. The Morgan fingerprint density at radius 1 is 1.30 bits per heavy atom. The molecule has 0 aromatic heterocycles. The molecule has 1 rings (SSSR count). The molecule has 0 aromatic rings. The summed E-state index contributed by atoms with van der Waals surface area (Å²) in [6, 6.07) is 0.806. The van der Waals surface area contributed by atoms with Crippen molar-refractivity contribution in [2.75, 3.05) is 6.54 Å². The van der Waals surface area contributed by atoms with Crippen molar-refractivity contribution < 1.29 is 0 Å². The zero-order valence-corrected chi connectivity index (χ0v) is 7.35. The summed E-state index contributed by atoms with van der Waals surface area (Å²) in [4.78, 5) is 0. The second-order valence-corrected chi connectivity index (χ2v) is 3.72. The first-order valence-corrected chi connectivity index (χ1v) is 4.47. The van der Waals surface area contributed by atoms with E-state index in [1.807, 2.05) is 0 Å². The van der Waals surface area contributed by atoms with Crippen LogP contribution in [-0.2, 0) is 0 Å². The van der Waals surface area contributed by atoms with E-state index in [2.05, 4.69) is 26.1 Å². The zero-order valence-electron chi connectivity index (χ0n) is 7.35. The fraction of sp³-hybridized carbons (Fsp3) is 1.00. The van der Waals surface area contributed by atoms with Crippen molar-refractivity contribution in [3.05, 3.63) is 0 Å². The Balaban J connectivity index is 2.31. The molecule has 10 heavy (non-hydrogen) atoms. The molecule has 1 fully saturated rings. The van der Waals surface area contributed by atoms with Gasteiger partial charge in [0.15, 0.2) is 0 Å². The molecular weight excluding hydrogens is 122 g/mol. The number of nitrogens with one attached hydrogen (secondary N) is 1. The molecule has 3 unspecified atom stereocenters. The highest BCUT2D eigenvalue weighted by Gasteiger charge is 2.27. The molecule has 1 heteroatoms. The number of rotatable bonds is 2. The summed E-state index contributed by atoms with van der Waals surface area (Å²) in [6.45, 7) is 8.03. The normalized spacial score (nSPS) is 40.5. The molecule has 60 valence electrons. The summed E-state index contributed by atoms with van der Waals surface area (Å²) in [6.07, 6.45) is 2.80. The van der Waals surface area contributed by atoms with Gasteiger partial charge in [0, 0.05) is 6.04 Å². The van der Waals surface area contributed by atoms with Gasteiger partial charge in [0.2, 0.25) is 0 Å². The van der Waals surface area contributed by atoms with E-state index in [-0.39, 0.29) is 0 Å². The molecule has 0 amide bonds. The van der Waals surface area contributed by atoms with Gasteiger partial charge in [-0.1, -0.05) is 20.8 Å². The van der Waals surface area contributed by atoms with Gasteiger partial charge >= 0.3 is 0 Å². The third kappa shape index (κ3) is 1.72. The van der Waals surface area contributed by atoms with Crippen LogP contribution in [0.25, 0.3) is 0 Å². The van der Waals surface area contributed by atoms with E-state index in [0.29, 0.717) is 0 Å². The lowest BCUT2D eigenvalue weighted by molar-refractivity contribution is 0.437. The second-order valence-electron chi connectivity index (χ2n) is 3.72. The highest BCUT2D eigenvalue weighted by Crippen LogP contribution is 2.29. The molecule has 0 heterocycles. The minimum Gasteiger partial charge on any atom is -0.314 e. The molecule has 0 radical (unpaired) electrons. The maximum absolute atomic E-state index is 3.52. The van der Waals surface area contributed by atoms with Gasteiger partial charge in [-0.25, -0.2) is 0 Å². The largest absolute Gasteiger partial charge is 0.314 e. The Hall–Kier alpha value is -0.0400. The van der Waals surface area contributed by atoms with Crippen LogP contribution in [0.2, 0.25) is 0 Å². The van der Waals surface area contributed by atoms with Gasteiger partial charge in [0.25, 0.3) is 0 Å². The fourth-order valence-electron chi connectivity index (χ4n) is 2.11. The third-order valence-electron chi connectivity index (χ3n) is 2.58. The SMILES string of the molecule is CCNC1CC(C)CC1C. The van der Waals surface area contributed by atoms with Gasteiger partial charge in [-0.3, -0.25) is 0 Å². The molecule has 1 N–H and O–H groups in total. The van der Waals surface area contributed by atoms with Crippen LogP contribution in [-0.4, -0.2) is 12.6 Å². The van der Waals surface area contributed by atoms with E-state index in [0.717, 1.165) is 24.4 Å². The van der Waals surface area contributed by atoms with Gasteiger partial charge in [0.05, 0.1) is 0 Å². The van der Waals surface area contributed by atoms with Crippen LogP contribution in [0.15, 0.2) is 0 Å². The van der Waals surface area contributed by atoms with Crippen LogP contribution < -0.4 is 5.32 Å². The maximum Gasteiger partial charge on any atom is 0.00952 e. The van der Waals surface area contributed by atoms with Crippen molar-refractivity contribution in [1.29, 1.82) is 0 Å². The van der Waals surface area contributed by atoms with Crippen molar-refractivity contribution in [3.8, 4) is 0 Å². The number of hydrogen-bond acceptors (Lipinski definition) is 1. The Morgan fingerprint density at radius 2 is 2.00 bits per heavy atom. The molecule has 0 bridgehead atoms. The van der Waals surface area contributed by atoms with E-state index in [9.17, 15) is 0 Å². The summed E-state index contributed by atoms with van der Waals surface area (Å²) in [5.41, 5.74) is 0. The van der Waals surface area contributed by atoms with E-state index >= 15 is 0 Å². The quantitative estimate of drug-likeness (QED) is 0.620. The molecule has 1 nitrogen and oxygen atoms in total. The van der Waals surface area contributed by atoms with Crippen molar-refractivity contribution in [3.63, 3.8) is 0 Å². The van der Waals surface area contributed by atoms with Gasteiger partial charge in [-0.2, -0.15) is 0 Å². The summed E-state index contributed by atoms with van der Waals surface area (Å²) >= 11 is 0.